The van der Waals surface area contributed by atoms with Gasteiger partial charge in [-0.3, -0.25) is 4.79 Å². The van der Waals surface area contributed by atoms with Gasteiger partial charge in [-0.15, -0.1) is 5.10 Å². The lowest BCUT2D eigenvalue weighted by atomic mass is 10.3. The molecule has 0 aliphatic heterocycles. The predicted molar refractivity (Wildman–Crippen MR) is 75.2 cm³/mol. The van der Waals surface area contributed by atoms with Crippen molar-refractivity contribution >= 4 is 41.3 Å². The van der Waals surface area contributed by atoms with E-state index in [0.717, 1.165) is 5.69 Å². The molecule has 1 aromatic heterocycles. The molecule has 0 amide bonds. The van der Waals surface area contributed by atoms with E-state index in [2.05, 4.69) is 5.10 Å². The van der Waals surface area contributed by atoms with E-state index < -0.39 is 11.2 Å². The maximum absolute atomic E-state index is 10.8. The first-order valence-electron chi connectivity index (χ1n) is 5.13. The summed E-state index contributed by atoms with van der Waals surface area (Å²) in [6, 6.07) is 9.54. The van der Waals surface area contributed by atoms with Crippen LogP contribution in [0.15, 0.2) is 34.7 Å². The lowest BCUT2D eigenvalue weighted by Gasteiger charge is -2.01. The Bertz CT molecular complexity index is 606. The Morgan fingerprint density at radius 2 is 2.17 bits per heavy atom. The largest absolute Gasteiger partial charge is 0.480 e. The normalized spacial score (nSPS) is 12.3. The molecule has 0 bridgehead atoms. The van der Waals surface area contributed by atoms with Gasteiger partial charge >= 0.3 is 5.97 Å². The molecule has 18 heavy (non-hydrogen) atoms. The number of aliphatic carboxylic acids is 1. The topological polar surface area (TPSA) is 55.1 Å². The van der Waals surface area contributed by atoms with Gasteiger partial charge in [0, 0.05) is 0 Å². The molecule has 0 aliphatic carbocycles. The molecule has 0 saturated heterocycles. The van der Waals surface area contributed by atoms with Gasteiger partial charge < -0.3 is 5.11 Å². The van der Waals surface area contributed by atoms with Crippen molar-refractivity contribution in [3.63, 3.8) is 0 Å². The molecule has 0 aliphatic rings. The number of hydrogen-bond acceptors (Lipinski definition) is 5. The van der Waals surface area contributed by atoms with Crippen LogP contribution in [0.5, 0.6) is 0 Å². The summed E-state index contributed by atoms with van der Waals surface area (Å²) in [6.07, 6.45) is 0. The third-order valence-corrected chi connectivity index (χ3v) is 4.56. The van der Waals surface area contributed by atoms with Gasteiger partial charge in [-0.25, -0.2) is 4.68 Å². The Morgan fingerprint density at radius 3 is 2.78 bits per heavy atom. The van der Waals surface area contributed by atoms with Crippen molar-refractivity contribution in [1.29, 1.82) is 0 Å². The molecule has 4 nitrogen and oxygen atoms in total. The molecular weight excluding hydrogens is 288 g/mol. The summed E-state index contributed by atoms with van der Waals surface area (Å²) >= 11 is 7.75. The van der Waals surface area contributed by atoms with Crippen molar-refractivity contribution in [2.75, 3.05) is 0 Å². The smallest absolute Gasteiger partial charge is 0.316 e. The first-order valence-corrected chi connectivity index (χ1v) is 7.23. The summed E-state index contributed by atoms with van der Waals surface area (Å²) in [6.45, 7) is 1.63. The predicted octanol–water partition coefficient (Wildman–Crippen LogP) is 3.23. The number of thioether (sulfide) groups is 1. The van der Waals surface area contributed by atoms with Crippen molar-refractivity contribution in [2.24, 2.45) is 0 Å². The third kappa shape index (κ3) is 2.98. The number of rotatable bonds is 4. The molecule has 0 unspecified atom stereocenters. The number of hydrogen-bond donors (Lipinski definition) is 1. The number of nitrogens with zero attached hydrogens (tertiary/aromatic N) is 2. The zero-order valence-corrected chi connectivity index (χ0v) is 11.9. The minimum absolute atomic E-state index is 0.533. The summed E-state index contributed by atoms with van der Waals surface area (Å²) in [4.78, 5) is 10.8. The maximum Gasteiger partial charge on any atom is 0.316 e. The zero-order valence-electron chi connectivity index (χ0n) is 9.44. The number of aromatic nitrogens is 2. The average Bonchev–Trinajstić information content (AvgIpc) is 2.71. The van der Waals surface area contributed by atoms with Crippen LogP contribution in [0.25, 0.3) is 5.69 Å². The average molecular weight is 298 g/mol. The van der Waals surface area contributed by atoms with E-state index in [1.807, 2.05) is 30.3 Å². The highest BCUT2D eigenvalue weighted by Gasteiger charge is 2.15. The Morgan fingerprint density at radius 1 is 1.50 bits per heavy atom. The summed E-state index contributed by atoms with van der Waals surface area (Å²) in [5, 5.41) is 12.7. The monoisotopic (exact) mass is 298 g/mol. The van der Waals surface area contributed by atoms with Gasteiger partial charge in [0.1, 0.15) is 5.25 Å². The Kier molecular flexibility index (Phi) is 4.15. The van der Waals surface area contributed by atoms with E-state index in [1.165, 1.54) is 23.1 Å². The van der Waals surface area contributed by atoms with Crippen LogP contribution in [-0.4, -0.2) is 26.1 Å². The molecule has 2 aromatic rings. The Labute approximate surface area is 117 Å². The molecule has 1 aromatic carbocycles. The number of carboxylic acid groups (broad SMARTS) is 1. The highest BCUT2D eigenvalue weighted by Crippen LogP contribution is 2.27. The van der Waals surface area contributed by atoms with E-state index in [0.29, 0.717) is 8.29 Å². The standard InChI is InChI=1S/C11H10N2O2S3/c1-7(9(14)15)17-10-12-13(11(16)18-10)8-5-3-2-4-6-8/h2-7H,1H3,(H,14,15)/t7-/m0/s1. The molecule has 0 spiro atoms. The van der Waals surface area contributed by atoms with Crippen LogP contribution in [0.2, 0.25) is 0 Å². The van der Waals surface area contributed by atoms with E-state index in [-0.39, 0.29) is 0 Å². The zero-order chi connectivity index (χ0) is 13.1. The molecule has 2 rings (SSSR count). The van der Waals surface area contributed by atoms with Crippen molar-refractivity contribution in [3.8, 4) is 5.69 Å². The second-order valence-corrected chi connectivity index (χ2v) is 6.69. The van der Waals surface area contributed by atoms with Gasteiger partial charge in [0.2, 0.25) is 0 Å². The maximum atomic E-state index is 10.8. The molecule has 1 atom stereocenters. The minimum Gasteiger partial charge on any atom is -0.480 e. The summed E-state index contributed by atoms with van der Waals surface area (Å²) in [5.41, 5.74) is 0.883. The van der Waals surface area contributed by atoms with Crippen LogP contribution >= 0.6 is 35.3 Å². The summed E-state index contributed by atoms with van der Waals surface area (Å²) < 4.78 is 2.93. The van der Waals surface area contributed by atoms with Crippen molar-refractivity contribution in [2.45, 2.75) is 16.5 Å². The highest BCUT2D eigenvalue weighted by molar-refractivity contribution is 8.02. The van der Waals surface area contributed by atoms with Gasteiger partial charge in [-0.1, -0.05) is 41.3 Å². The van der Waals surface area contributed by atoms with Crippen LogP contribution in [0.1, 0.15) is 6.92 Å². The Balaban J connectivity index is 2.28. The minimum atomic E-state index is -0.854. The number of para-hydroxylation sites is 1. The number of carboxylic acids is 1. The van der Waals surface area contributed by atoms with Crippen molar-refractivity contribution in [3.05, 3.63) is 34.3 Å². The number of carbonyl (C=O) groups is 1. The van der Waals surface area contributed by atoms with Crippen molar-refractivity contribution < 1.29 is 9.90 Å². The second kappa shape index (κ2) is 5.64. The van der Waals surface area contributed by atoms with Gasteiger partial charge in [-0.05, 0) is 31.3 Å². The third-order valence-electron chi connectivity index (χ3n) is 2.16. The highest BCUT2D eigenvalue weighted by atomic mass is 32.2. The van der Waals surface area contributed by atoms with E-state index in [4.69, 9.17) is 17.3 Å². The molecule has 0 radical (unpaired) electrons. The SMILES string of the molecule is C[C@H](Sc1nn(-c2ccccc2)c(=S)s1)C(=O)O. The fraction of sp³-hybridized carbons (Fsp3) is 0.182. The van der Waals surface area contributed by atoms with Crippen LogP contribution in [0.3, 0.4) is 0 Å². The number of benzene rings is 1. The van der Waals surface area contributed by atoms with Crippen LogP contribution in [0, 0.1) is 3.95 Å². The van der Waals surface area contributed by atoms with Gasteiger partial charge in [0.05, 0.1) is 5.69 Å². The first kappa shape index (κ1) is 13.3. The quantitative estimate of drug-likeness (QED) is 0.694. The van der Waals surface area contributed by atoms with Crippen LogP contribution in [-0.2, 0) is 4.79 Å². The molecule has 1 N–H and O–H groups in total. The van der Waals surface area contributed by atoms with Gasteiger partial charge in [0.25, 0.3) is 0 Å². The molecule has 0 fully saturated rings. The summed E-state index contributed by atoms with van der Waals surface area (Å²) in [5.74, 6) is -0.854. The van der Waals surface area contributed by atoms with Gasteiger partial charge in [0.15, 0.2) is 8.29 Å². The Hall–Kier alpha value is -1.18. The molecule has 0 saturated carbocycles. The lowest BCUT2D eigenvalue weighted by Crippen LogP contribution is -2.11. The fourth-order valence-electron chi connectivity index (χ4n) is 1.24. The molecule has 94 valence electrons. The van der Waals surface area contributed by atoms with Crippen LogP contribution < -0.4 is 0 Å². The van der Waals surface area contributed by atoms with Crippen LogP contribution in [0.4, 0.5) is 0 Å². The molecule has 7 heteroatoms. The second-order valence-electron chi connectivity index (χ2n) is 3.48. The van der Waals surface area contributed by atoms with E-state index in [9.17, 15) is 4.79 Å². The van der Waals surface area contributed by atoms with Gasteiger partial charge in [-0.2, -0.15) is 0 Å². The molecular formula is C11H10N2O2S3. The lowest BCUT2D eigenvalue weighted by molar-refractivity contribution is -0.136. The molecule has 1 heterocycles. The fourth-order valence-corrected chi connectivity index (χ4v) is 3.68. The first-order chi connectivity index (χ1) is 8.58. The van der Waals surface area contributed by atoms with E-state index in [1.54, 1.807) is 11.6 Å². The van der Waals surface area contributed by atoms with E-state index >= 15 is 0 Å². The summed E-state index contributed by atoms with van der Waals surface area (Å²) in [7, 11) is 0. The van der Waals surface area contributed by atoms with Crippen molar-refractivity contribution in [1.82, 2.24) is 9.78 Å².